The summed E-state index contributed by atoms with van der Waals surface area (Å²) < 4.78 is 15.2. The van der Waals surface area contributed by atoms with Crippen molar-refractivity contribution in [1.29, 1.82) is 0 Å². The zero-order valence-corrected chi connectivity index (χ0v) is 14.6. The number of phenolic OH excluding ortho intramolecular Hbond substituents is 1. The molecule has 6 heteroatoms. The normalized spacial score (nSPS) is 10.7. The predicted octanol–water partition coefficient (Wildman–Crippen LogP) is 2.89. The van der Waals surface area contributed by atoms with Crippen LogP contribution in [0.5, 0.6) is 17.2 Å². The van der Waals surface area contributed by atoms with Crippen LogP contribution >= 0.6 is 0 Å². The Morgan fingerprint density at radius 1 is 1.04 bits per heavy atom. The molecule has 0 bridgehead atoms. The molecule has 0 fully saturated rings. The van der Waals surface area contributed by atoms with Gasteiger partial charge in [0.2, 0.25) is 0 Å². The highest BCUT2D eigenvalue weighted by Crippen LogP contribution is 2.26. The zero-order valence-electron chi connectivity index (χ0n) is 14.6. The number of hydrogen-bond acceptors (Lipinski definition) is 6. The van der Waals surface area contributed by atoms with Gasteiger partial charge >= 0.3 is 0 Å². The minimum Gasteiger partial charge on any atom is -0.504 e. The van der Waals surface area contributed by atoms with Gasteiger partial charge in [0.25, 0.3) is 0 Å². The average Bonchev–Trinajstić information content (AvgIpc) is 2.66. The van der Waals surface area contributed by atoms with Crippen molar-refractivity contribution in [1.82, 2.24) is 0 Å². The number of benzene rings is 2. The van der Waals surface area contributed by atoms with E-state index in [0.29, 0.717) is 22.6 Å². The van der Waals surface area contributed by atoms with Gasteiger partial charge in [-0.25, -0.2) is 0 Å². The molecular formula is C20H20O6. The highest BCUT2D eigenvalue weighted by molar-refractivity contribution is 5.97. The van der Waals surface area contributed by atoms with E-state index in [4.69, 9.17) is 14.2 Å². The van der Waals surface area contributed by atoms with Gasteiger partial charge in [-0.3, -0.25) is 9.59 Å². The molecular weight excluding hydrogens is 336 g/mol. The molecule has 0 aliphatic heterocycles. The van der Waals surface area contributed by atoms with Crippen LogP contribution < -0.4 is 9.47 Å². The first-order valence-corrected chi connectivity index (χ1v) is 7.86. The number of hydrogen-bond donors (Lipinski definition) is 1. The molecule has 0 atom stereocenters. The summed E-state index contributed by atoms with van der Waals surface area (Å²) in [7, 11) is 2.92. The number of Topliss-reactive ketones (excluding diaryl/α,β-unsaturated/α-hetero) is 1. The maximum absolute atomic E-state index is 11.9. The van der Waals surface area contributed by atoms with Crippen molar-refractivity contribution in [3.05, 3.63) is 59.7 Å². The monoisotopic (exact) mass is 356 g/mol. The highest BCUT2D eigenvalue weighted by atomic mass is 16.5. The zero-order chi connectivity index (χ0) is 18.9. The van der Waals surface area contributed by atoms with E-state index in [0.717, 1.165) is 0 Å². The smallest absolute Gasteiger partial charge is 0.193 e. The van der Waals surface area contributed by atoms with Gasteiger partial charge in [0.15, 0.2) is 29.7 Å². The number of aromatic hydroxyl groups is 1. The Bertz CT molecular complexity index is 792. The topological polar surface area (TPSA) is 82.1 Å². The van der Waals surface area contributed by atoms with Gasteiger partial charge in [0, 0.05) is 12.7 Å². The molecule has 6 nitrogen and oxygen atoms in total. The van der Waals surface area contributed by atoms with E-state index >= 15 is 0 Å². The maximum atomic E-state index is 11.9. The summed E-state index contributed by atoms with van der Waals surface area (Å²) in [4.78, 5) is 23.6. The molecule has 2 rings (SSSR count). The first-order valence-electron chi connectivity index (χ1n) is 7.86. The molecule has 1 N–H and O–H groups in total. The van der Waals surface area contributed by atoms with Crippen LogP contribution in [0, 0.1) is 0 Å². The lowest BCUT2D eigenvalue weighted by Crippen LogP contribution is -2.09. The number of ketones is 2. The van der Waals surface area contributed by atoms with Crippen LogP contribution in [0.4, 0.5) is 0 Å². The fraction of sp³-hybridized carbons (Fsp3) is 0.200. The SMILES string of the molecule is COCC(=O)c1ccc(OCC(=O)C=Cc2ccc(O)c(OC)c2)cc1. The van der Waals surface area contributed by atoms with Crippen molar-refractivity contribution in [2.45, 2.75) is 0 Å². The Hall–Kier alpha value is -3.12. The van der Waals surface area contributed by atoms with Crippen molar-refractivity contribution < 1.29 is 28.9 Å². The van der Waals surface area contributed by atoms with E-state index in [2.05, 4.69) is 0 Å². The second kappa shape index (κ2) is 9.39. The second-order valence-corrected chi connectivity index (χ2v) is 5.40. The first kappa shape index (κ1) is 19.2. The van der Waals surface area contributed by atoms with Crippen molar-refractivity contribution in [2.24, 2.45) is 0 Å². The van der Waals surface area contributed by atoms with Gasteiger partial charge < -0.3 is 19.3 Å². The number of carbonyl (C=O) groups is 2. The number of rotatable bonds is 9. The Morgan fingerprint density at radius 3 is 2.42 bits per heavy atom. The Kier molecular flexibility index (Phi) is 6.93. The van der Waals surface area contributed by atoms with E-state index in [9.17, 15) is 14.7 Å². The van der Waals surface area contributed by atoms with Gasteiger partial charge in [-0.2, -0.15) is 0 Å². The van der Waals surface area contributed by atoms with Crippen molar-refractivity contribution in [2.75, 3.05) is 27.4 Å². The van der Waals surface area contributed by atoms with Gasteiger partial charge in [-0.05, 0) is 48.0 Å². The van der Waals surface area contributed by atoms with Gasteiger partial charge in [0.05, 0.1) is 7.11 Å². The van der Waals surface area contributed by atoms with Gasteiger partial charge in [-0.1, -0.05) is 12.1 Å². The fourth-order valence-corrected chi connectivity index (χ4v) is 2.14. The Balaban J connectivity index is 1.89. The summed E-state index contributed by atoms with van der Waals surface area (Å²) in [5.41, 5.74) is 1.24. The molecule has 0 heterocycles. The lowest BCUT2D eigenvalue weighted by Gasteiger charge is -2.05. The van der Waals surface area contributed by atoms with Crippen LogP contribution in [0.15, 0.2) is 48.5 Å². The van der Waals surface area contributed by atoms with Gasteiger partial charge in [0.1, 0.15) is 12.4 Å². The molecule has 0 aliphatic rings. The van der Waals surface area contributed by atoms with Crippen LogP contribution in [0.2, 0.25) is 0 Å². The molecule has 26 heavy (non-hydrogen) atoms. The third kappa shape index (κ3) is 5.46. The first-order chi connectivity index (χ1) is 12.5. The number of carbonyl (C=O) groups excluding carboxylic acids is 2. The summed E-state index contributed by atoms with van der Waals surface area (Å²) in [6, 6.07) is 11.3. The minimum atomic E-state index is -0.225. The molecule has 136 valence electrons. The molecule has 0 spiro atoms. The van der Waals surface area contributed by atoms with Crippen LogP contribution in [-0.4, -0.2) is 44.1 Å². The number of methoxy groups -OCH3 is 2. The molecule has 2 aromatic carbocycles. The standard InChI is InChI=1S/C20H20O6/c1-24-13-19(23)15-5-8-17(9-6-15)26-12-16(21)7-3-14-4-10-18(22)20(11-14)25-2/h3-11,22H,12-13H2,1-2H3. The molecule has 0 aliphatic carbocycles. The van der Waals surface area contributed by atoms with E-state index < -0.39 is 0 Å². The van der Waals surface area contributed by atoms with Crippen LogP contribution in [0.3, 0.4) is 0 Å². The van der Waals surface area contributed by atoms with Crippen LogP contribution in [0.1, 0.15) is 15.9 Å². The third-order valence-electron chi connectivity index (χ3n) is 3.50. The number of ether oxygens (including phenoxy) is 3. The Labute approximate surface area is 151 Å². The third-order valence-corrected chi connectivity index (χ3v) is 3.50. The van der Waals surface area contributed by atoms with E-state index in [1.54, 1.807) is 42.5 Å². The lowest BCUT2D eigenvalue weighted by molar-refractivity contribution is -0.116. The predicted molar refractivity (Wildman–Crippen MR) is 96.8 cm³/mol. The summed E-state index contributed by atoms with van der Waals surface area (Å²) >= 11 is 0. The fourth-order valence-electron chi connectivity index (χ4n) is 2.14. The van der Waals surface area contributed by atoms with E-state index in [1.165, 1.54) is 26.4 Å². The molecule has 0 amide bonds. The van der Waals surface area contributed by atoms with Gasteiger partial charge in [-0.15, -0.1) is 0 Å². The summed E-state index contributed by atoms with van der Waals surface area (Å²) in [5, 5.41) is 9.54. The minimum absolute atomic E-state index is 0.0194. The van der Waals surface area contributed by atoms with Crippen LogP contribution in [-0.2, 0) is 9.53 Å². The van der Waals surface area contributed by atoms with Crippen molar-refractivity contribution in [3.63, 3.8) is 0 Å². The van der Waals surface area contributed by atoms with Crippen molar-refractivity contribution in [3.8, 4) is 17.2 Å². The average molecular weight is 356 g/mol. The van der Waals surface area contributed by atoms with E-state index in [-0.39, 0.29) is 30.5 Å². The van der Waals surface area contributed by atoms with Crippen LogP contribution in [0.25, 0.3) is 6.08 Å². The number of phenols is 1. The summed E-state index contributed by atoms with van der Waals surface area (Å²) in [5.74, 6) is 0.511. The quantitative estimate of drug-likeness (QED) is 0.550. The summed E-state index contributed by atoms with van der Waals surface area (Å²) in [6.07, 6.45) is 3.00. The Morgan fingerprint density at radius 2 is 1.77 bits per heavy atom. The second-order valence-electron chi connectivity index (χ2n) is 5.40. The highest BCUT2D eigenvalue weighted by Gasteiger charge is 2.06. The molecule has 0 radical (unpaired) electrons. The molecule has 0 unspecified atom stereocenters. The molecule has 0 saturated heterocycles. The lowest BCUT2D eigenvalue weighted by atomic mass is 10.1. The van der Waals surface area contributed by atoms with Crippen molar-refractivity contribution >= 4 is 17.6 Å². The maximum Gasteiger partial charge on any atom is 0.193 e. The van der Waals surface area contributed by atoms with E-state index in [1.807, 2.05) is 0 Å². The molecule has 2 aromatic rings. The molecule has 0 aromatic heterocycles. The summed E-state index contributed by atoms with van der Waals surface area (Å²) in [6.45, 7) is -0.109. The largest absolute Gasteiger partial charge is 0.504 e. The molecule has 0 saturated carbocycles.